The van der Waals surface area contributed by atoms with Crippen LogP contribution in [0.4, 0.5) is 0 Å². The topological polar surface area (TPSA) is 80.9 Å². The van der Waals surface area contributed by atoms with E-state index in [1.165, 1.54) is 11.3 Å². The molecule has 0 saturated heterocycles. The maximum Gasteiger partial charge on any atom is 0.271 e. The Hall–Kier alpha value is -1.76. The molecule has 0 aliphatic carbocycles. The van der Waals surface area contributed by atoms with E-state index >= 15 is 0 Å². The molecule has 19 heavy (non-hydrogen) atoms. The lowest BCUT2D eigenvalue weighted by Gasteiger charge is -2.21. The van der Waals surface area contributed by atoms with E-state index in [1.807, 2.05) is 27.7 Å². The summed E-state index contributed by atoms with van der Waals surface area (Å²) in [5.41, 5.74) is -0.283. The summed E-state index contributed by atoms with van der Waals surface area (Å²) >= 11 is 1.50. The van der Waals surface area contributed by atoms with E-state index in [0.29, 0.717) is 17.4 Å². The number of hydrogen-bond donors (Lipinski definition) is 1. The zero-order valence-corrected chi connectivity index (χ0v) is 12.4. The standard InChI is InChI=1S/C12H16N4O2S/c1-6-9(14-8(3)19-6)10(17)15-12(4,5)11-13-7(2)16-18-11/h1-5H3,(H,15,17). The molecule has 1 N–H and O–H groups in total. The average molecular weight is 280 g/mol. The van der Waals surface area contributed by atoms with Crippen LogP contribution < -0.4 is 5.32 Å². The van der Waals surface area contributed by atoms with Gasteiger partial charge in [-0.2, -0.15) is 4.98 Å². The number of carbonyl (C=O) groups excluding carboxylic acids is 1. The van der Waals surface area contributed by atoms with Gasteiger partial charge < -0.3 is 9.84 Å². The summed E-state index contributed by atoms with van der Waals surface area (Å²) in [4.78, 5) is 21.5. The lowest BCUT2D eigenvalue weighted by Crippen LogP contribution is -2.41. The molecule has 0 aliphatic rings. The number of aromatic nitrogens is 3. The summed E-state index contributed by atoms with van der Waals surface area (Å²) in [5, 5.41) is 7.47. The highest BCUT2D eigenvalue weighted by atomic mass is 32.1. The van der Waals surface area contributed by atoms with Crippen LogP contribution in [0.15, 0.2) is 4.52 Å². The second-order valence-electron chi connectivity index (χ2n) is 4.86. The average Bonchev–Trinajstić information content (AvgIpc) is 2.84. The van der Waals surface area contributed by atoms with Crippen LogP contribution in [0.5, 0.6) is 0 Å². The first-order chi connectivity index (χ1) is 8.79. The van der Waals surface area contributed by atoms with Gasteiger partial charge >= 0.3 is 0 Å². The van der Waals surface area contributed by atoms with Crippen molar-refractivity contribution in [2.75, 3.05) is 0 Å². The molecule has 102 valence electrons. The van der Waals surface area contributed by atoms with Crippen LogP contribution in [-0.4, -0.2) is 21.0 Å². The van der Waals surface area contributed by atoms with Gasteiger partial charge in [-0.05, 0) is 34.6 Å². The van der Waals surface area contributed by atoms with Gasteiger partial charge in [0.1, 0.15) is 11.2 Å². The summed E-state index contributed by atoms with van der Waals surface area (Å²) in [7, 11) is 0. The van der Waals surface area contributed by atoms with E-state index in [0.717, 1.165) is 9.88 Å². The molecule has 2 aromatic rings. The molecule has 0 atom stereocenters. The quantitative estimate of drug-likeness (QED) is 0.931. The minimum absolute atomic E-state index is 0.234. The van der Waals surface area contributed by atoms with Crippen molar-refractivity contribution in [3.05, 3.63) is 27.3 Å². The number of carbonyl (C=O) groups is 1. The molecule has 1 amide bonds. The third-order valence-electron chi connectivity index (χ3n) is 2.61. The van der Waals surface area contributed by atoms with Gasteiger partial charge in [-0.15, -0.1) is 11.3 Å². The van der Waals surface area contributed by atoms with Crippen LogP contribution in [0.1, 0.15) is 45.9 Å². The monoisotopic (exact) mass is 280 g/mol. The van der Waals surface area contributed by atoms with E-state index in [2.05, 4.69) is 20.4 Å². The van der Waals surface area contributed by atoms with Crippen molar-refractivity contribution in [2.45, 2.75) is 40.2 Å². The summed E-state index contributed by atoms with van der Waals surface area (Å²) in [6, 6.07) is 0. The molecule has 6 nitrogen and oxygen atoms in total. The maximum absolute atomic E-state index is 12.2. The Labute approximate surface area is 115 Å². The van der Waals surface area contributed by atoms with Crippen LogP contribution in [0.25, 0.3) is 0 Å². The van der Waals surface area contributed by atoms with Crippen molar-refractivity contribution in [1.82, 2.24) is 20.4 Å². The Balaban J connectivity index is 2.20. The van der Waals surface area contributed by atoms with Crippen molar-refractivity contribution >= 4 is 17.2 Å². The van der Waals surface area contributed by atoms with Crippen molar-refractivity contribution in [3.8, 4) is 0 Å². The van der Waals surface area contributed by atoms with Crippen LogP contribution >= 0.6 is 11.3 Å². The van der Waals surface area contributed by atoms with Gasteiger partial charge in [0.25, 0.3) is 11.8 Å². The summed E-state index contributed by atoms with van der Waals surface area (Å²) in [6.45, 7) is 9.11. The molecule has 0 fully saturated rings. The molecule has 2 heterocycles. The molecule has 0 spiro atoms. The number of thiazole rings is 1. The second-order valence-corrected chi connectivity index (χ2v) is 6.27. The predicted molar refractivity (Wildman–Crippen MR) is 71.1 cm³/mol. The highest BCUT2D eigenvalue weighted by Gasteiger charge is 2.30. The van der Waals surface area contributed by atoms with E-state index in [1.54, 1.807) is 6.92 Å². The van der Waals surface area contributed by atoms with Gasteiger partial charge in [-0.3, -0.25) is 4.79 Å². The molecular formula is C12H16N4O2S. The van der Waals surface area contributed by atoms with Gasteiger partial charge in [0.2, 0.25) is 0 Å². The third kappa shape index (κ3) is 2.81. The van der Waals surface area contributed by atoms with Gasteiger partial charge in [-0.1, -0.05) is 5.16 Å². The van der Waals surface area contributed by atoms with E-state index in [9.17, 15) is 4.79 Å². The minimum atomic E-state index is -0.734. The normalized spacial score (nSPS) is 11.6. The van der Waals surface area contributed by atoms with Gasteiger partial charge in [0.15, 0.2) is 5.82 Å². The lowest BCUT2D eigenvalue weighted by atomic mass is 10.1. The highest BCUT2D eigenvalue weighted by Crippen LogP contribution is 2.21. The Kier molecular flexibility index (Phi) is 3.40. The van der Waals surface area contributed by atoms with Gasteiger partial charge in [-0.25, -0.2) is 4.98 Å². The second kappa shape index (κ2) is 4.73. The molecule has 0 unspecified atom stereocenters. The number of nitrogens with one attached hydrogen (secondary N) is 1. The van der Waals surface area contributed by atoms with E-state index < -0.39 is 5.54 Å². The molecule has 0 bridgehead atoms. The van der Waals surface area contributed by atoms with E-state index in [-0.39, 0.29) is 5.91 Å². The fourth-order valence-electron chi connectivity index (χ4n) is 1.69. The highest BCUT2D eigenvalue weighted by molar-refractivity contribution is 7.11. The SMILES string of the molecule is Cc1noc(C(C)(C)NC(=O)c2nc(C)sc2C)n1. The summed E-state index contributed by atoms with van der Waals surface area (Å²) < 4.78 is 5.11. The Bertz CT molecular complexity index is 615. The number of nitrogens with zero attached hydrogens (tertiary/aromatic N) is 3. The maximum atomic E-state index is 12.2. The van der Waals surface area contributed by atoms with Crippen molar-refractivity contribution < 1.29 is 9.32 Å². The van der Waals surface area contributed by atoms with Gasteiger partial charge in [0.05, 0.1) is 5.01 Å². The first-order valence-corrected chi connectivity index (χ1v) is 6.68. The summed E-state index contributed by atoms with van der Waals surface area (Å²) in [5.74, 6) is 0.684. The molecule has 0 aliphatic heterocycles. The molecule has 0 saturated carbocycles. The lowest BCUT2D eigenvalue weighted by molar-refractivity contribution is 0.0889. The number of aryl methyl sites for hydroxylation is 3. The van der Waals surface area contributed by atoms with Crippen molar-refractivity contribution in [3.63, 3.8) is 0 Å². The van der Waals surface area contributed by atoms with E-state index in [4.69, 9.17) is 4.52 Å². The first kappa shape index (κ1) is 13.7. The predicted octanol–water partition coefficient (Wildman–Crippen LogP) is 2.12. The zero-order valence-electron chi connectivity index (χ0n) is 11.6. The Morgan fingerprint density at radius 3 is 2.42 bits per heavy atom. The molecule has 0 aromatic carbocycles. The van der Waals surface area contributed by atoms with Crippen LogP contribution in [0, 0.1) is 20.8 Å². The first-order valence-electron chi connectivity index (χ1n) is 5.87. The number of rotatable bonds is 3. The van der Waals surface area contributed by atoms with Crippen molar-refractivity contribution in [1.29, 1.82) is 0 Å². The van der Waals surface area contributed by atoms with Crippen LogP contribution in [0.2, 0.25) is 0 Å². The largest absolute Gasteiger partial charge is 0.337 e. The number of amides is 1. The van der Waals surface area contributed by atoms with Crippen LogP contribution in [-0.2, 0) is 5.54 Å². The minimum Gasteiger partial charge on any atom is -0.337 e. The molecule has 0 radical (unpaired) electrons. The van der Waals surface area contributed by atoms with Gasteiger partial charge in [0, 0.05) is 4.88 Å². The fraction of sp³-hybridized carbons (Fsp3) is 0.500. The molecule has 2 aromatic heterocycles. The fourth-order valence-corrected chi connectivity index (χ4v) is 2.50. The zero-order chi connectivity index (χ0) is 14.2. The van der Waals surface area contributed by atoms with Crippen molar-refractivity contribution in [2.24, 2.45) is 0 Å². The Morgan fingerprint density at radius 1 is 1.26 bits per heavy atom. The Morgan fingerprint density at radius 2 is 1.95 bits per heavy atom. The summed E-state index contributed by atoms with van der Waals surface area (Å²) in [6.07, 6.45) is 0. The number of hydrogen-bond acceptors (Lipinski definition) is 6. The van der Waals surface area contributed by atoms with Crippen LogP contribution in [0.3, 0.4) is 0 Å². The third-order valence-corrected chi connectivity index (χ3v) is 3.49. The molecule has 7 heteroatoms. The smallest absolute Gasteiger partial charge is 0.271 e. The molecule has 2 rings (SSSR count). The molecular weight excluding hydrogens is 264 g/mol.